The third kappa shape index (κ3) is 4.29. The summed E-state index contributed by atoms with van der Waals surface area (Å²) in [6.45, 7) is -0.459. The van der Waals surface area contributed by atoms with Crippen molar-refractivity contribution in [2.75, 3.05) is 0 Å². The lowest BCUT2D eigenvalue weighted by molar-refractivity contribution is -0.141. The highest BCUT2D eigenvalue weighted by Crippen LogP contribution is 2.31. The van der Waals surface area contributed by atoms with Gasteiger partial charge in [-0.25, -0.2) is 13.1 Å². The molecular formula is C13H9Cl2F3N2O3S. The fraction of sp³-hybridized carbons (Fsp3) is 0.154. The highest BCUT2D eigenvalue weighted by atomic mass is 35.5. The van der Waals surface area contributed by atoms with Gasteiger partial charge in [0.25, 0.3) is 0 Å². The zero-order chi connectivity index (χ0) is 18.1. The standard InChI is InChI=1S/C13H9Cl2F3N2O3S/c14-9-2-1-8(3-10(9)15)24(22,23)20-6-7-5-19-12(4-11(7)21)13(16,17)18/h1-5,20H,6H2,(H,19,21). The van der Waals surface area contributed by atoms with Crippen LogP contribution >= 0.6 is 23.2 Å². The van der Waals surface area contributed by atoms with Crippen LogP contribution in [0.2, 0.25) is 10.0 Å². The average Bonchev–Trinajstić information content (AvgIpc) is 2.47. The number of nitrogens with zero attached hydrogens (tertiary/aromatic N) is 1. The lowest BCUT2D eigenvalue weighted by atomic mass is 10.2. The number of alkyl halides is 3. The lowest BCUT2D eigenvalue weighted by Gasteiger charge is -2.11. The van der Waals surface area contributed by atoms with Crippen LogP contribution in [-0.4, -0.2) is 18.5 Å². The molecule has 5 nitrogen and oxygen atoms in total. The van der Waals surface area contributed by atoms with E-state index in [0.717, 1.165) is 12.3 Å². The van der Waals surface area contributed by atoms with Crippen molar-refractivity contribution in [1.82, 2.24) is 9.71 Å². The van der Waals surface area contributed by atoms with Crippen LogP contribution in [0.5, 0.6) is 5.75 Å². The Kier molecular flexibility index (Phi) is 5.28. The van der Waals surface area contributed by atoms with Crippen molar-refractivity contribution >= 4 is 33.2 Å². The SMILES string of the molecule is O=S(=O)(NCc1cnc(C(F)(F)F)cc1O)c1ccc(Cl)c(Cl)c1. The number of nitrogens with one attached hydrogen (secondary N) is 1. The summed E-state index contributed by atoms with van der Waals surface area (Å²) in [5.41, 5.74) is -1.40. The lowest BCUT2D eigenvalue weighted by Crippen LogP contribution is -2.23. The molecule has 24 heavy (non-hydrogen) atoms. The van der Waals surface area contributed by atoms with Crippen molar-refractivity contribution in [3.05, 3.63) is 51.8 Å². The molecule has 1 aromatic heterocycles. The molecule has 0 saturated carbocycles. The van der Waals surface area contributed by atoms with Gasteiger partial charge in [0.1, 0.15) is 11.4 Å². The normalized spacial score (nSPS) is 12.4. The summed E-state index contributed by atoms with van der Waals surface area (Å²) in [6, 6.07) is 4.04. The minimum absolute atomic E-state index is 0.0265. The van der Waals surface area contributed by atoms with E-state index in [1.165, 1.54) is 12.1 Å². The average molecular weight is 401 g/mol. The van der Waals surface area contributed by atoms with Gasteiger partial charge in [0.15, 0.2) is 0 Å². The van der Waals surface area contributed by atoms with E-state index in [1.54, 1.807) is 0 Å². The van der Waals surface area contributed by atoms with E-state index in [1.807, 2.05) is 0 Å². The minimum Gasteiger partial charge on any atom is -0.507 e. The zero-order valence-corrected chi connectivity index (χ0v) is 13.9. The highest BCUT2D eigenvalue weighted by molar-refractivity contribution is 7.89. The Hall–Kier alpha value is -1.55. The number of rotatable bonds is 4. The molecule has 0 radical (unpaired) electrons. The Morgan fingerprint density at radius 2 is 1.83 bits per heavy atom. The van der Waals surface area contributed by atoms with Crippen molar-refractivity contribution in [3.8, 4) is 5.75 Å². The first-order valence-electron chi connectivity index (χ1n) is 6.20. The molecule has 0 aliphatic carbocycles. The molecule has 2 N–H and O–H groups in total. The molecule has 0 spiro atoms. The van der Waals surface area contributed by atoms with Gasteiger partial charge in [0.05, 0.1) is 14.9 Å². The van der Waals surface area contributed by atoms with Gasteiger partial charge in [0, 0.05) is 24.4 Å². The van der Waals surface area contributed by atoms with E-state index >= 15 is 0 Å². The Morgan fingerprint density at radius 3 is 2.38 bits per heavy atom. The number of sulfonamides is 1. The second-order valence-electron chi connectivity index (χ2n) is 4.60. The van der Waals surface area contributed by atoms with Crippen LogP contribution < -0.4 is 4.72 Å². The molecule has 0 aliphatic heterocycles. The fourth-order valence-electron chi connectivity index (χ4n) is 1.66. The largest absolute Gasteiger partial charge is 0.507 e. The first kappa shape index (κ1) is 18.8. The maximum absolute atomic E-state index is 12.5. The van der Waals surface area contributed by atoms with E-state index < -0.39 is 34.2 Å². The predicted molar refractivity (Wildman–Crippen MR) is 81.4 cm³/mol. The quantitative estimate of drug-likeness (QED) is 0.821. The van der Waals surface area contributed by atoms with E-state index in [2.05, 4.69) is 9.71 Å². The van der Waals surface area contributed by atoms with Crippen LogP contribution in [0.3, 0.4) is 0 Å². The number of aromatic hydroxyl groups is 1. The van der Waals surface area contributed by atoms with Gasteiger partial charge in [-0.3, -0.25) is 4.98 Å². The number of hydrogen-bond acceptors (Lipinski definition) is 4. The van der Waals surface area contributed by atoms with Crippen molar-refractivity contribution in [3.63, 3.8) is 0 Å². The number of pyridine rings is 1. The Labute approximate surface area is 145 Å². The number of benzene rings is 1. The maximum atomic E-state index is 12.5. The van der Waals surface area contributed by atoms with E-state index in [9.17, 15) is 26.7 Å². The van der Waals surface area contributed by atoms with Gasteiger partial charge in [-0.2, -0.15) is 13.2 Å². The summed E-state index contributed by atoms with van der Waals surface area (Å²) in [5, 5.41) is 9.78. The predicted octanol–water partition coefficient (Wildman–Crippen LogP) is 3.59. The number of halogens is 5. The van der Waals surface area contributed by atoms with Crippen molar-refractivity contribution in [2.24, 2.45) is 0 Å². The molecule has 2 aromatic rings. The first-order chi connectivity index (χ1) is 11.0. The van der Waals surface area contributed by atoms with Gasteiger partial charge in [0.2, 0.25) is 10.0 Å². The second kappa shape index (κ2) is 6.75. The molecule has 0 saturated heterocycles. The van der Waals surface area contributed by atoms with Crippen LogP contribution in [0.25, 0.3) is 0 Å². The van der Waals surface area contributed by atoms with Gasteiger partial charge in [-0.1, -0.05) is 23.2 Å². The second-order valence-corrected chi connectivity index (χ2v) is 7.18. The summed E-state index contributed by atoms with van der Waals surface area (Å²) in [7, 11) is -4.01. The molecule has 11 heteroatoms. The summed E-state index contributed by atoms with van der Waals surface area (Å²) in [6.07, 6.45) is -3.97. The number of aromatic nitrogens is 1. The van der Waals surface area contributed by atoms with Gasteiger partial charge in [-0.15, -0.1) is 0 Å². The maximum Gasteiger partial charge on any atom is 0.433 e. The molecule has 0 unspecified atom stereocenters. The Bertz CT molecular complexity index is 873. The third-order valence-corrected chi connectivity index (χ3v) is 5.04. The first-order valence-corrected chi connectivity index (χ1v) is 8.44. The summed E-state index contributed by atoms with van der Waals surface area (Å²) >= 11 is 11.4. The van der Waals surface area contributed by atoms with Gasteiger partial charge >= 0.3 is 6.18 Å². The van der Waals surface area contributed by atoms with Crippen molar-refractivity contribution in [1.29, 1.82) is 0 Å². The minimum atomic E-state index is -4.71. The molecule has 0 aliphatic rings. The van der Waals surface area contributed by atoms with Crippen LogP contribution in [-0.2, 0) is 22.7 Å². The van der Waals surface area contributed by atoms with Crippen LogP contribution in [0.15, 0.2) is 35.4 Å². The van der Waals surface area contributed by atoms with Gasteiger partial charge < -0.3 is 5.11 Å². The zero-order valence-electron chi connectivity index (χ0n) is 11.6. The van der Waals surface area contributed by atoms with E-state index in [-0.39, 0.29) is 20.5 Å². The van der Waals surface area contributed by atoms with E-state index in [0.29, 0.717) is 6.07 Å². The van der Waals surface area contributed by atoms with Crippen molar-refractivity contribution < 1.29 is 26.7 Å². The van der Waals surface area contributed by atoms with Crippen LogP contribution in [0, 0.1) is 0 Å². The molecule has 2 rings (SSSR count). The Balaban J connectivity index is 2.19. The van der Waals surface area contributed by atoms with E-state index in [4.69, 9.17) is 23.2 Å². The highest BCUT2D eigenvalue weighted by Gasteiger charge is 2.33. The molecule has 1 aromatic carbocycles. The molecule has 1 heterocycles. The molecule has 0 amide bonds. The summed E-state index contributed by atoms with van der Waals surface area (Å²) in [4.78, 5) is 2.97. The molecule has 0 bridgehead atoms. The molecular weight excluding hydrogens is 392 g/mol. The number of hydrogen-bond donors (Lipinski definition) is 2. The summed E-state index contributed by atoms with van der Waals surface area (Å²) in [5.74, 6) is -0.728. The van der Waals surface area contributed by atoms with Gasteiger partial charge in [-0.05, 0) is 18.2 Å². The fourth-order valence-corrected chi connectivity index (χ4v) is 3.06. The van der Waals surface area contributed by atoms with Crippen LogP contribution in [0.1, 0.15) is 11.3 Å². The summed E-state index contributed by atoms with van der Waals surface area (Å²) < 4.78 is 63.7. The molecule has 0 fully saturated rings. The smallest absolute Gasteiger partial charge is 0.433 e. The van der Waals surface area contributed by atoms with Crippen molar-refractivity contribution in [2.45, 2.75) is 17.6 Å². The monoisotopic (exact) mass is 400 g/mol. The Morgan fingerprint density at radius 1 is 1.17 bits per heavy atom. The van der Waals surface area contributed by atoms with Crippen LogP contribution in [0.4, 0.5) is 13.2 Å². The topological polar surface area (TPSA) is 79.3 Å². The third-order valence-electron chi connectivity index (χ3n) is 2.91. The molecule has 130 valence electrons. The molecule has 0 atom stereocenters.